The van der Waals surface area contributed by atoms with Gasteiger partial charge in [-0.1, -0.05) is 0 Å². The Morgan fingerprint density at radius 1 is 1.32 bits per heavy atom. The Bertz CT molecular complexity index is 787. The number of hydrogen-bond donors (Lipinski definition) is 0. The zero-order valence-corrected chi connectivity index (χ0v) is 10.1. The van der Waals surface area contributed by atoms with Crippen LogP contribution in [0, 0.1) is 11.3 Å². The molecule has 2 heterocycles. The van der Waals surface area contributed by atoms with Gasteiger partial charge in [-0.15, -0.1) is 0 Å². The van der Waals surface area contributed by atoms with E-state index in [2.05, 4.69) is 16.0 Å². The monoisotopic (exact) mass is 251 g/mol. The first-order chi connectivity index (χ1) is 9.31. The maximum Gasteiger partial charge on any atom is 0.228 e. The summed E-state index contributed by atoms with van der Waals surface area (Å²) >= 11 is 0. The third kappa shape index (κ3) is 1.89. The molecule has 0 saturated carbocycles. The van der Waals surface area contributed by atoms with Gasteiger partial charge in [-0.05, 0) is 18.2 Å². The fourth-order valence-corrected chi connectivity index (χ4v) is 1.82. The minimum Gasteiger partial charge on any atom is -0.497 e. The minimum absolute atomic E-state index is 0.405. The Morgan fingerprint density at radius 3 is 3.00 bits per heavy atom. The van der Waals surface area contributed by atoms with Crippen molar-refractivity contribution in [1.29, 1.82) is 5.26 Å². The molecule has 92 valence electrons. The number of nitriles is 1. The second-order valence-corrected chi connectivity index (χ2v) is 3.89. The fourth-order valence-electron chi connectivity index (χ4n) is 1.82. The van der Waals surface area contributed by atoms with E-state index in [4.69, 9.17) is 14.4 Å². The van der Waals surface area contributed by atoms with Crippen LogP contribution < -0.4 is 4.74 Å². The molecule has 0 unspecified atom stereocenters. The topological polar surface area (TPSA) is 71.9 Å². The summed E-state index contributed by atoms with van der Waals surface area (Å²) in [6, 6.07) is 9.17. The lowest BCUT2D eigenvalue weighted by Crippen LogP contribution is -1.85. The average molecular weight is 251 g/mol. The van der Waals surface area contributed by atoms with Crippen LogP contribution in [-0.4, -0.2) is 17.1 Å². The first kappa shape index (κ1) is 11.2. The predicted octanol–water partition coefficient (Wildman–Crippen LogP) is 2.77. The molecular formula is C14H9N3O2. The van der Waals surface area contributed by atoms with Crippen LogP contribution >= 0.6 is 0 Å². The Morgan fingerprint density at radius 2 is 2.21 bits per heavy atom. The quantitative estimate of drug-likeness (QED) is 0.700. The highest BCUT2D eigenvalue weighted by molar-refractivity contribution is 5.78. The second-order valence-electron chi connectivity index (χ2n) is 3.89. The molecule has 0 aliphatic heterocycles. The van der Waals surface area contributed by atoms with Crippen LogP contribution in [0.3, 0.4) is 0 Å². The number of ether oxygens (including phenoxy) is 1. The van der Waals surface area contributed by atoms with Crippen LogP contribution in [0.2, 0.25) is 0 Å². The van der Waals surface area contributed by atoms with E-state index in [9.17, 15) is 0 Å². The van der Waals surface area contributed by atoms with E-state index < -0.39 is 0 Å². The van der Waals surface area contributed by atoms with Crippen molar-refractivity contribution in [2.24, 2.45) is 0 Å². The number of benzene rings is 1. The molecule has 0 atom stereocenters. The van der Waals surface area contributed by atoms with Gasteiger partial charge in [0.2, 0.25) is 5.89 Å². The number of oxazole rings is 1. The molecule has 0 aliphatic rings. The average Bonchev–Trinajstić information content (AvgIpc) is 2.89. The molecule has 5 nitrogen and oxygen atoms in total. The summed E-state index contributed by atoms with van der Waals surface area (Å²) in [5, 5.41) is 9.06. The molecule has 0 spiro atoms. The maximum absolute atomic E-state index is 9.06. The van der Waals surface area contributed by atoms with Crippen molar-refractivity contribution >= 4 is 11.1 Å². The van der Waals surface area contributed by atoms with Crippen LogP contribution in [0.25, 0.3) is 22.6 Å². The molecule has 0 fully saturated rings. The van der Waals surface area contributed by atoms with Gasteiger partial charge in [-0.2, -0.15) is 5.26 Å². The van der Waals surface area contributed by atoms with Crippen LogP contribution in [0.1, 0.15) is 5.56 Å². The molecule has 1 aromatic carbocycles. The van der Waals surface area contributed by atoms with Crippen molar-refractivity contribution in [3.63, 3.8) is 0 Å². The summed E-state index contributed by atoms with van der Waals surface area (Å²) in [7, 11) is 1.59. The Hall–Kier alpha value is -2.87. The lowest BCUT2D eigenvalue weighted by Gasteiger charge is -1.96. The number of methoxy groups -OCH3 is 1. The Labute approximate surface area is 109 Å². The molecule has 0 N–H and O–H groups in total. The van der Waals surface area contributed by atoms with Crippen molar-refractivity contribution < 1.29 is 9.15 Å². The fraction of sp³-hybridized carbons (Fsp3) is 0.0714. The number of pyridine rings is 1. The van der Waals surface area contributed by atoms with Gasteiger partial charge in [0.25, 0.3) is 0 Å². The summed E-state index contributed by atoms with van der Waals surface area (Å²) in [6.07, 6.45) is 3.09. The Balaban J connectivity index is 2.18. The van der Waals surface area contributed by atoms with E-state index in [0.717, 1.165) is 5.52 Å². The van der Waals surface area contributed by atoms with Crippen LogP contribution in [-0.2, 0) is 0 Å². The molecule has 19 heavy (non-hydrogen) atoms. The third-order valence-corrected chi connectivity index (χ3v) is 2.77. The number of hydrogen-bond acceptors (Lipinski definition) is 5. The molecule has 0 aliphatic carbocycles. The second kappa shape index (κ2) is 4.42. The zero-order valence-electron chi connectivity index (χ0n) is 10.1. The van der Waals surface area contributed by atoms with Crippen LogP contribution in [0.4, 0.5) is 0 Å². The molecule has 0 radical (unpaired) electrons. The summed E-state index contributed by atoms with van der Waals surface area (Å²) in [4.78, 5) is 8.28. The first-order valence-corrected chi connectivity index (χ1v) is 5.61. The largest absolute Gasteiger partial charge is 0.497 e. The summed E-state index contributed by atoms with van der Waals surface area (Å²) in [5.41, 5.74) is 2.40. The maximum atomic E-state index is 9.06. The predicted molar refractivity (Wildman–Crippen MR) is 68.5 cm³/mol. The van der Waals surface area contributed by atoms with Crippen molar-refractivity contribution in [1.82, 2.24) is 9.97 Å². The molecule has 3 rings (SSSR count). The van der Waals surface area contributed by atoms with E-state index in [1.54, 1.807) is 25.4 Å². The Kier molecular flexibility index (Phi) is 2.62. The summed E-state index contributed by atoms with van der Waals surface area (Å²) < 4.78 is 10.8. The highest BCUT2D eigenvalue weighted by atomic mass is 16.5. The van der Waals surface area contributed by atoms with Gasteiger partial charge in [0.05, 0.1) is 18.2 Å². The highest BCUT2D eigenvalue weighted by Crippen LogP contribution is 2.28. The third-order valence-electron chi connectivity index (χ3n) is 2.77. The molecule has 2 aromatic heterocycles. The van der Waals surface area contributed by atoms with Gasteiger partial charge in [0, 0.05) is 18.5 Å². The molecular weight excluding hydrogens is 242 g/mol. The van der Waals surface area contributed by atoms with Gasteiger partial charge >= 0.3 is 0 Å². The lowest BCUT2D eigenvalue weighted by atomic mass is 10.1. The molecule has 3 aromatic rings. The van der Waals surface area contributed by atoms with Gasteiger partial charge in [-0.25, -0.2) is 4.98 Å². The summed E-state index contributed by atoms with van der Waals surface area (Å²) in [6.45, 7) is 0. The number of fused-ring (bicyclic) bond motifs is 1. The van der Waals surface area contributed by atoms with E-state index in [0.29, 0.717) is 28.4 Å². The lowest BCUT2D eigenvalue weighted by molar-refractivity contribution is 0.414. The number of nitrogens with zero attached hydrogens (tertiary/aromatic N) is 3. The minimum atomic E-state index is 0.405. The van der Waals surface area contributed by atoms with Gasteiger partial charge < -0.3 is 9.15 Å². The standard InChI is InChI=1S/C14H9N3O2/c1-18-10-2-3-12-13(6-10)19-14(17-12)11-4-5-16-8-9(11)7-15/h2-6,8H,1H3. The van der Waals surface area contributed by atoms with Crippen molar-refractivity contribution in [3.8, 4) is 23.3 Å². The van der Waals surface area contributed by atoms with Gasteiger partial charge in [-0.3, -0.25) is 4.98 Å². The van der Waals surface area contributed by atoms with Crippen molar-refractivity contribution in [2.45, 2.75) is 0 Å². The van der Waals surface area contributed by atoms with E-state index in [1.807, 2.05) is 12.1 Å². The van der Waals surface area contributed by atoms with Gasteiger partial charge in [0.1, 0.15) is 17.3 Å². The number of aromatic nitrogens is 2. The highest BCUT2D eigenvalue weighted by Gasteiger charge is 2.12. The van der Waals surface area contributed by atoms with Gasteiger partial charge in [0.15, 0.2) is 5.58 Å². The van der Waals surface area contributed by atoms with E-state index in [-0.39, 0.29) is 0 Å². The SMILES string of the molecule is COc1ccc2nc(-c3ccncc3C#N)oc2c1. The molecule has 0 bridgehead atoms. The molecule has 5 heteroatoms. The van der Waals surface area contributed by atoms with E-state index in [1.165, 1.54) is 6.20 Å². The number of rotatable bonds is 2. The summed E-state index contributed by atoms with van der Waals surface area (Å²) in [5.74, 6) is 1.10. The molecule has 0 amide bonds. The van der Waals surface area contributed by atoms with E-state index >= 15 is 0 Å². The van der Waals surface area contributed by atoms with Crippen molar-refractivity contribution in [2.75, 3.05) is 7.11 Å². The van der Waals surface area contributed by atoms with Crippen LogP contribution in [0.5, 0.6) is 5.75 Å². The first-order valence-electron chi connectivity index (χ1n) is 5.61. The molecule has 0 saturated heterocycles. The normalized spacial score (nSPS) is 10.3. The smallest absolute Gasteiger partial charge is 0.228 e. The van der Waals surface area contributed by atoms with Crippen molar-refractivity contribution in [3.05, 3.63) is 42.2 Å². The van der Waals surface area contributed by atoms with Crippen LogP contribution in [0.15, 0.2) is 41.1 Å². The zero-order chi connectivity index (χ0) is 13.2.